The predicted octanol–water partition coefficient (Wildman–Crippen LogP) is 2.51. The molecule has 2 saturated heterocycles. The van der Waals surface area contributed by atoms with Crippen LogP contribution in [0.4, 0.5) is 5.69 Å². The van der Waals surface area contributed by atoms with Gasteiger partial charge in [0.05, 0.1) is 5.52 Å². The monoisotopic (exact) mass is 368 g/mol. The summed E-state index contributed by atoms with van der Waals surface area (Å²) in [6.07, 6.45) is 3.34. The van der Waals surface area contributed by atoms with Crippen LogP contribution in [0.2, 0.25) is 0 Å². The van der Waals surface area contributed by atoms with Gasteiger partial charge in [-0.2, -0.15) is 0 Å². The Morgan fingerprint density at radius 3 is 2.67 bits per heavy atom. The van der Waals surface area contributed by atoms with Crippen molar-refractivity contribution in [2.24, 2.45) is 0 Å². The summed E-state index contributed by atoms with van der Waals surface area (Å²) in [5.41, 5.74) is 3.44. The average molecular weight is 369 g/mol. The molecule has 1 N–H and O–H groups in total. The van der Waals surface area contributed by atoms with E-state index in [-0.39, 0.29) is 6.61 Å². The predicted molar refractivity (Wildman–Crippen MR) is 111 cm³/mol. The maximum Gasteiger partial charge on any atom is 0.0726 e. The summed E-state index contributed by atoms with van der Waals surface area (Å²) >= 11 is 0. The first kappa shape index (κ1) is 18.7. The SMILES string of the molecule is Cc1cc(N2CCN(C3CCN(C)CC3)C(CCO)C2)c2ccccc2n1. The van der Waals surface area contributed by atoms with E-state index in [4.69, 9.17) is 4.98 Å². The summed E-state index contributed by atoms with van der Waals surface area (Å²) in [4.78, 5) is 12.3. The number of piperidine rings is 1. The molecule has 0 spiro atoms. The number of piperazine rings is 1. The molecular weight excluding hydrogens is 336 g/mol. The highest BCUT2D eigenvalue weighted by molar-refractivity contribution is 5.92. The van der Waals surface area contributed by atoms with Crippen molar-refractivity contribution in [3.8, 4) is 0 Å². The number of benzene rings is 1. The molecule has 2 aromatic rings. The molecule has 1 atom stereocenters. The molecule has 27 heavy (non-hydrogen) atoms. The minimum atomic E-state index is 0.262. The molecule has 0 radical (unpaired) electrons. The number of aromatic nitrogens is 1. The molecule has 5 nitrogen and oxygen atoms in total. The Balaban J connectivity index is 1.57. The van der Waals surface area contributed by atoms with Gasteiger partial charge in [-0.1, -0.05) is 18.2 Å². The molecular formula is C22H32N4O. The lowest BCUT2D eigenvalue weighted by Gasteiger charge is -2.48. The second-order valence-corrected chi connectivity index (χ2v) is 8.18. The topological polar surface area (TPSA) is 42.8 Å². The van der Waals surface area contributed by atoms with Crippen LogP contribution in [-0.4, -0.2) is 78.4 Å². The quantitative estimate of drug-likeness (QED) is 0.898. The Kier molecular flexibility index (Phi) is 5.62. The zero-order valence-corrected chi connectivity index (χ0v) is 16.6. The molecule has 2 fully saturated rings. The van der Waals surface area contributed by atoms with Crippen molar-refractivity contribution in [3.63, 3.8) is 0 Å². The van der Waals surface area contributed by atoms with E-state index in [0.717, 1.165) is 37.3 Å². The van der Waals surface area contributed by atoms with Crippen LogP contribution in [0.5, 0.6) is 0 Å². The molecule has 0 bridgehead atoms. The number of aryl methyl sites for hydroxylation is 1. The highest BCUT2D eigenvalue weighted by atomic mass is 16.3. The molecule has 5 heteroatoms. The van der Waals surface area contributed by atoms with E-state index in [1.54, 1.807) is 0 Å². The first-order chi connectivity index (χ1) is 13.2. The highest BCUT2D eigenvalue weighted by Gasteiger charge is 2.33. The number of anilines is 1. The van der Waals surface area contributed by atoms with Gasteiger partial charge in [0.2, 0.25) is 0 Å². The molecule has 0 aliphatic carbocycles. The van der Waals surface area contributed by atoms with E-state index >= 15 is 0 Å². The summed E-state index contributed by atoms with van der Waals surface area (Å²) in [6.45, 7) is 7.82. The summed E-state index contributed by atoms with van der Waals surface area (Å²) in [5, 5.41) is 10.9. The van der Waals surface area contributed by atoms with E-state index in [1.165, 1.54) is 37.0 Å². The molecule has 2 aliphatic heterocycles. The Labute approximate surface area is 162 Å². The number of pyridine rings is 1. The van der Waals surface area contributed by atoms with Crippen LogP contribution >= 0.6 is 0 Å². The van der Waals surface area contributed by atoms with E-state index in [2.05, 4.69) is 59.0 Å². The number of hydrogen-bond donors (Lipinski definition) is 1. The lowest BCUT2D eigenvalue weighted by atomic mass is 9.97. The average Bonchev–Trinajstić information content (AvgIpc) is 2.68. The molecule has 1 aromatic carbocycles. The number of rotatable bonds is 4. The number of nitrogens with zero attached hydrogens (tertiary/aromatic N) is 4. The zero-order valence-electron chi connectivity index (χ0n) is 16.6. The lowest BCUT2D eigenvalue weighted by molar-refractivity contribution is 0.0599. The van der Waals surface area contributed by atoms with Crippen molar-refractivity contribution in [1.29, 1.82) is 0 Å². The van der Waals surface area contributed by atoms with Gasteiger partial charge in [-0.15, -0.1) is 0 Å². The summed E-state index contributed by atoms with van der Waals surface area (Å²) in [5.74, 6) is 0. The van der Waals surface area contributed by atoms with Gasteiger partial charge in [-0.05, 0) is 58.5 Å². The fourth-order valence-electron chi connectivity index (χ4n) is 4.85. The molecule has 146 valence electrons. The number of aliphatic hydroxyl groups is 1. The first-order valence-electron chi connectivity index (χ1n) is 10.3. The van der Waals surface area contributed by atoms with Crippen molar-refractivity contribution in [1.82, 2.24) is 14.8 Å². The summed E-state index contributed by atoms with van der Waals surface area (Å²) in [7, 11) is 2.22. The maximum absolute atomic E-state index is 9.69. The number of para-hydroxylation sites is 1. The molecule has 2 aliphatic rings. The van der Waals surface area contributed by atoms with Crippen molar-refractivity contribution < 1.29 is 5.11 Å². The third-order valence-corrected chi connectivity index (χ3v) is 6.31. The van der Waals surface area contributed by atoms with Gasteiger partial charge in [-0.3, -0.25) is 9.88 Å². The Morgan fingerprint density at radius 1 is 1.11 bits per heavy atom. The molecule has 4 rings (SSSR count). The number of fused-ring (bicyclic) bond motifs is 1. The fourth-order valence-corrected chi connectivity index (χ4v) is 4.85. The number of hydrogen-bond acceptors (Lipinski definition) is 5. The first-order valence-corrected chi connectivity index (χ1v) is 10.3. The van der Waals surface area contributed by atoms with E-state index in [9.17, 15) is 5.11 Å². The third-order valence-electron chi connectivity index (χ3n) is 6.31. The van der Waals surface area contributed by atoms with E-state index in [1.807, 2.05) is 0 Å². The minimum absolute atomic E-state index is 0.262. The summed E-state index contributed by atoms with van der Waals surface area (Å²) in [6, 6.07) is 11.8. The van der Waals surface area contributed by atoms with Gasteiger partial charge >= 0.3 is 0 Å². The van der Waals surface area contributed by atoms with Crippen LogP contribution in [0, 0.1) is 6.92 Å². The Bertz CT molecular complexity index is 772. The zero-order chi connectivity index (χ0) is 18.8. The van der Waals surface area contributed by atoms with Crippen molar-refractivity contribution >= 4 is 16.6 Å². The molecule has 0 saturated carbocycles. The van der Waals surface area contributed by atoms with Gasteiger partial charge in [0.25, 0.3) is 0 Å². The smallest absolute Gasteiger partial charge is 0.0726 e. The Hall–Kier alpha value is -1.69. The molecule has 1 unspecified atom stereocenters. The Morgan fingerprint density at radius 2 is 1.89 bits per heavy atom. The largest absolute Gasteiger partial charge is 0.396 e. The van der Waals surface area contributed by atoms with Gasteiger partial charge in [0.15, 0.2) is 0 Å². The number of likely N-dealkylation sites (tertiary alicyclic amines) is 1. The van der Waals surface area contributed by atoms with Crippen LogP contribution in [0.25, 0.3) is 10.9 Å². The second kappa shape index (κ2) is 8.13. The second-order valence-electron chi connectivity index (χ2n) is 8.18. The summed E-state index contributed by atoms with van der Waals surface area (Å²) < 4.78 is 0. The van der Waals surface area contributed by atoms with E-state index in [0.29, 0.717) is 12.1 Å². The number of aliphatic hydroxyl groups excluding tert-OH is 1. The minimum Gasteiger partial charge on any atom is -0.396 e. The standard InChI is InChI=1S/C22H32N4O/c1-17-15-22(20-5-3-4-6-21(20)23-17)25-12-13-26(19(16-25)9-14-27)18-7-10-24(2)11-8-18/h3-6,15,18-19,27H,7-14,16H2,1-2H3. The van der Waals surface area contributed by atoms with Gasteiger partial charge in [0, 0.05) is 55.1 Å². The lowest BCUT2D eigenvalue weighted by Crippen LogP contribution is -2.58. The molecule has 0 amide bonds. The third kappa shape index (κ3) is 3.96. The molecule has 3 heterocycles. The van der Waals surface area contributed by atoms with Crippen LogP contribution in [-0.2, 0) is 0 Å². The fraction of sp³-hybridized carbons (Fsp3) is 0.591. The molecule has 1 aromatic heterocycles. The highest BCUT2D eigenvalue weighted by Crippen LogP contribution is 2.30. The van der Waals surface area contributed by atoms with Crippen LogP contribution < -0.4 is 4.90 Å². The van der Waals surface area contributed by atoms with Gasteiger partial charge in [0.1, 0.15) is 0 Å². The van der Waals surface area contributed by atoms with Crippen LogP contribution in [0.3, 0.4) is 0 Å². The van der Waals surface area contributed by atoms with Crippen molar-refractivity contribution in [2.45, 2.75) is 38.3 Å². The van der Waals surface area contributed by atoms with Crippen molar-refractivity contribution in [2.75, 3.05) is 51.3 Å². The van der Waals surface area contributed by atoms with Gasteiger partial charge < -0.3 is 14.9 Å². The van der Waals surface area contributed by atoms with E-state index < -0.39 is 0 Å². The van der Waals surface area contributed by atoms with Crippen LogP contribution in [0.15, 0.2) is 30.3 Å². The van der Waals surface area contributed by atoms with Gasteiger partial charge in [-0.25, -0.2) is 0 Å². The normalized spacial score (nSPS) is 23.2. The maximum atomic E-state index is 9.69. The van der Waals surface area contributed by atoms with Crippen molar-refractivity contribution in [3.05, 3.63) is 36.0 Å². The van der Waals surface area contributed by atoms with Crippen LogP contribution in [0.1, 0.15) is 25.0 Å².